The van der Waals surface area contributed by atoms with Crippen molar-refractivity contribution in [3.05, 3.63) is 23.9 Å². The largest absolute Gasteiger partial charge is 0.417 e. The molecule has 0 radical (unpaired) electrons. The summed E-state index contributed by atoms with van der Waals surface area (Å²) in [5.41, 5.74) is -0.757. The predicted molar refractivity (Wildman–Crippen MR) is 108 cm³/mol. The Hall–Kier alpha value is -2.07. The van der Waals surface area contributed by atoms with Crippen LogP contribution in [0.15, 0.2) is 23.3 Å². The van der Waals surface area contributed by atoms with E-state index in [0.717, 1.165) is 38.1 Å². The topological polar surface area (TPSA) is 79.8 Å². The summed E-state index contributed by atoms with van der Waals surface area (Å²) in [6.45, 7) is 6.48. The Kier molecular flexibility index (Phi) is 12.8. The highest BCUT2D eigenvalue weighted by Gasteiger charge is 2.30. The molecule has 1 heterocycles. The summed E-state index contributed by atoms with van der Waals surface area (Å²) in [6.07, 6.45) is -0.606. The standard InChI is InChI=1S/C19H32F3N5O2/c1-3-4-11-28-13-14-29-12-10-26-18(23-2)25-9-5-8-24-17-7-6-16(15-27-17)19(20,21)22/h6-7,15H,3-5,8-14H2,1-2H3,(H,24,27)(H2,23,25,26). The third kappa shape index (κ3) is 12.2. The molecular weight excluding hydrogens is 387 g/mol. The number of nitrogens with one attached hydrogen (secondary N) is 3. The second-order valence-corrected chi connectivity index (χ2v) is 6.21. The van der Waals surface area contributed by atoms with E-state index >= 15 is 0 Å². The fraction of sp³-hybridized carbons (Fsp3) is 0.684. The summed E-state index contributed by atoms with van der Waals surface area (Å²) >= 11 is 0. The molecule has 0 amide bonds. The van der Waals surface area contributed by atoms with Crippen molar-refractivity contribution in [2.24, 2.45) is 4.99 Å². The number of anilines is 1. The molecule has 3 N–H and O–H groups in total. The normalized spacial score (nSPS) is 12.1. The average Bonchev–Trinajstić information content (AvgIpc) is 2.70. The van der Waals surface area contributed by atoms with Gasteiger partial charge in [-0.15, -0.1) is 0 Å². The van der Waals surface area contributed by atoms with Crippen molar-refractivity contribution in [3.63, 3.8) is 0 Å². The van der Waals surface area contributed by atoms with Crippen LogP contribution in [-0.2, 0) is 15.7 Å². The van der Waals surface area contributed by atoms with Crippen molar-refractivity contribution in [2.45, 2.75) is 32.4 Å². The second kappa shape index (κ2) is 14.9. The first-order valence-corrected chi connectivity index (χ1v) is 9.84. The Morgan fingerprint density at radius 1 is 1.00 bits per heavy atom. The van der Waals surface area contributed by atoms with Crippen LogP contribution in [0.3, 0.4) is 0 Å². The van der Waals surface area contributed by atoms with E-state index in [1.807, 2.05) is 0 Å². The van der Waals surface area contributed by atoms with E-state index in [-0.39, 0.29) is 0 Å². The molecule has 0 atom stereocenters. The third-order valence-corrected chi connectivity index (χ3v) is 3.82. The van der Waals surface area contributed by atoms with Crippen LogP contribution in [0.1, 0.15) is 31.7 Å². The molecule has 1 rings (SSSR count). The van der Waals surface area contributed by atoms with Gasteiger partial charge in [-0.05, 0) is 25.0 Å². The molecular formula is C19H32F3N5O2. The molecule has 7 nitrogen and oxygen atoms in total. The Morgan fingerprint density at radius 2 is 1.72 bits per heavy atom. The van der Waals surface area contributed by atoms with Gasteiger partial charge in [0.25, 0.3) is 0 Å². The third-order valence-electron chi connectivity index (χ3n) is 3.82. The van der Waals surface area contributed by atoms with Crippen LogP contribution in [0.5, 0.6) is 0 Å². The fourth-order valence-corrected chi connectivity index (χ4v) is 2.21. The number of hydrogen-bond acceptors (Lipinski definition) is 5. The van der Waals surface area contributed by atoms with Gasteiger partial charge in [-0.2, -0.15) is 13.2 Å². The lowest BCUT2D eigenvalue weighted by Crippen LogP contribution is -2.39. The van der Waals surface area contributed by atoms with Crippen molar-refractivity contribution >= 4 is 11.8 Å². The Morgan fingerprint density at radius 3 is 2.34 bits per heavy atom. The van der Waals surface area contributed by atoms with Gasteiger partial charge in [0.1, 0.15) is 5.82 Å². The summed E-state index contributed by atoms with van der Waals surface area (Å²) in [4.78, 5) is 7.89. The SMILES string of the molecule is CCCCOCCOCCNC(=NC)NCCCNc1ccc(C(F)(F)F)cn1. The molecule has 0 aliphatic carbocycles. The second-order valence-electron chi connectivity index (χ2n) is 6.21. The molecule has 29 heavy (non-hydrogen) atoms. The zero-order chi connectivity index (χ0) is 21.4. The van der Waals surface area contributed by atoms with E-state index in [9.17, 15) is 13.2 Å². The van der Waals surface area contributed by atoms with Gasteiger partial charge in [0, 0.05) is 39.5 Å². The Labute approximate surface area is 170 Å². The van der Waals surface area contributed by atoms with Crippen molar-refractivity contribution < 1.29 is 22.6 Å². The first kappa shape index (κ1) is 25.0. The first-order chi connectivity index (χ1) is 14.0. The molecule has 0 spiro atoms. The number of nitrogens with zero attached hydrogens (tertiary/aromatic N) is 2. The smallest absolute Gasteiger partial charge is 0.379 e. The average molecular weight is 419 g/mol. The quantitative estimate of drug-likeness (QED) is 0.244. The summed E-state index contributed by atoms with van der Waals surface area (Å²) in [7, 11) is 1.68. The van der Waals surface area contributed by atoms with Crippen LogP contribution < -0.4 is 16.0 Å². The van der Waals surface area contributed by atoms with Crippen molar-refractivity contribution in [3.8, 4) is 0 Å². The minimum absolute atomic E-state index is 0.413. The zero-order valence-corrected chi connectivity index (χ0v) is 17.1. The number of rotatable bonds is 14. The molecule has 0 aliphatic heterocycles. The van der Waals surface area contributed by atoms with E-state index in [1.54, 1.807) is 7.05 Å². The van der Waals surface area contributed by atoms with Crippen molar-refractivity contribution in [1.82, 2.24) is 15.6 Å². The summed E-state index contributed by atoms with van der Waals surface area (Å²) < 4.78 is 48.3. The van der Waals surface area contributed by atoms with Gasteiger partial charge >= 0.3 is 6.18 Å². The van der Waals surface area contributed by atoms with E-state index < -0.39 is 11.7 Å². The minimum Gasteiger partial charge on any atom is -0.379 e. The lowest BCUT2D eigenvalue weighted by molar-refractivity contribution is -0.137. The highest BCUT2D eigenvalue weighted by atomic mass is 19.4. The molecule has 0 aromatic carbocycles. The summed E-state index contributed by atoms with van der Waals surface area (Å²) in [5.74, 6) is 1.08. The molecule has 0 bridgehead atoms. The van der Waals surface area contributed by atoms with Crippen LogP contribution in [0.4, 0.5) is 19.0 Å². The monoisotopic (exact) mass is 419 g/mol. The first-order valence-electron chi connectivity index (χ1n) is 9.84. The van der Waals surface area contributed by atoms with Gasteiger partial charge in [-0.25, -0.2) is 4.98 Å². The molecule has 0 aliphatic rings. The van der Waals surface area contributed by atoms with Crippen LogP contribution >= 0.6 is 0 Å². The maximum absolute atomic E-state index is 12.5. The van der Waals surface area contributed by atoms with Gasteiger partial charge < -0.3 is 25.4 Å². The number of ether oxygens (including phenoxy) is 2. The number of unbranched alkanes of at least 4 members (excludes halogenated alkanes) is 1. The predicted octanol–water partition coefficient (Wildman–Crippen LogP) is 2.90. The maximum Gasteiger partial charge on any atom is 0.417 e. The van der Waals surface area contributed by atoms with E-state index in [0.29, 0.717) is 51.2 Å². The van der Waals surface area contributed by atoms with E-state index in [4.69, 9.17) is 9.47 Å². The zero-order valence-electron chi connectivity index (χ0n) is 17.1. The van der Waals surface area contributed by atoms with Crippen LogP contribution in [0.2, 0.25) is 0 Å². The fourth-order valence-electron chi connectivity index (χ4n) is 2.21. The van der Waals surface area contributed by atoms with Gasteiger partial charge in [0.05, 0.1) is 25.4 Å². The van der Waals surface area contributed by atoms with Gasteiger partial charge in [-0.1, -0.05) is 13.3 Å². The molecule has 166 valence electrons. The number of pyridine rings is 1. The van der Waals surface area contributed by atoms with E-state index in [1.165, 1.54) is 6.07 Å². The molecule has 0 saturated heterocycles. The highest BCUT2D eigenvalue weighted by Crippen LogP contribution is 2.28. The lowest BCUT2D eigenvalue weighted by Gasteiger charge is -2.12. The molecule has 0 unspecified atom stereocenters. The Balaban J connectivity index is 2.05. The highest BCUT2D eigenvalue weighted by molar-refractivity contribution is 5.79. The number of aliphatic imine (C=N–C) groups is 1. The number of halogens is 3. The van der Waals surface area contributed by atoms with Gasteiger partial charge in [0.2, 0.25) is 0 Å². The van der Waals surface area contributed by atoms with E-state index in [2.05, 4.69) is 32.9 Å². The molecule has 0 fully saturated rings. The number of aromatic nitrogens is 1. The molecule has 10 heteroatoms. The maximum atomic E-state index is 12.5. The molecule has 0 saturated carbocycles. The summed E-state index contributed by atoms with van der Waals surface area (Å²) in [5, 5.41) is 9.29. The van der Waals surface area contributed by atoms with Crippen molar-refractivity contribution in [2.75, 3.05) is 58.4 Å². The number of hydrogen-bond donors (Lipinski definition) is 3. The lowest BCUT2D eigenvalue weighted by atomic mass is 10.3. The Bertz CT molecular complexity index is 568. The van der Waals surface area contributed by atoms with Gasteiger partial charge in [-0.3, -0.25) is 4.99 Å². The van der Waals surface area contributed by atoms with Crippen LogP contribution in [0, 0.1) is 0 Å². The van der Waals surface area contributed by atoms with Crippen LogP contribution in [0.25, 0.3) is 0 Å². The summed E-state index contributed by atoms with van der Waals surface area (Å²) in [6, 6.07) is 2.34. The van der Waals surface area contributed by atoms with Crippen molar-refractivity contribution in [1.29, 1.82) is 0 Å². The van der Waals surface area contributed by atoms with Crippen LogP contribution in [-0.4, -0.2) is 64.1 Å². The number of alkyl halides is 3. The van der Waals surface area contributed by atoms with Gasteiger partial charge in [0.15, 0.2) is 5.96 Å². The number of guanidine groups is 1. The molecule has 1 aromatic heterocycles. The minimum atomic E-state index is -4.37. The molecule has 1 aromatic rings.